The molecule has 2 fully saturated rings. The molecule has 2 aliphatic rings. The van der Waals surface area contributed by atoms with Gasteiger partial charge in [0.25, 0.3) is 5.88 Å². The van der Waals surface area contributed by atoms with Crippen LogP contribution in [0.2, 0.25) is 0 Å². The van der Waals surface area contributed by atoms with E-state index in [0.29, 0.717) is 32.2 Å². The zero-order chi connectivity index (χ0) is 21.1. The monoisotopic (exact) mass is 411 g/mol. The van der Waals surface area contributed by atoms with Gasteiger partial charge in [0, 0.05) is 44.1 Å². The van der Waals surface area contributed by atoms with Crippen LogP contribution in [-0.2, 0) is 4.74 Å². The molecule has 8 heteroatoms. The summed E-state index contributed by atoms with van der Waals surface area (Å²) >= 11 is 0. The highest BCUT2D eigenvalue weighted by Crippen LogP contribution is 2.27. The standard InChI is InChI=1S/C22H29N5O3/c1-15-12-16(2)19(17(3)13-15)25-22(28)27-7-4-18(14-27)30-21-20(23-5-6-24-21)26-8-10-29-11-9-26/h5-6,12-13,18H,4,7-11,14H2,1-3H3,(H,25,28). The van der Waals surface area contributed by atoms with Gasteiger partial charge in [-0.25, -0.2) is 14.8 Å². The van der Waals surface area contributed by atoms with E-state index in [1.807, 2.05) is 13.8 Å². The van der Waals surface area contributed by atoms with Crippen LogP contribution in [-0.4, -0.2) is 66.4 Å². The Bertz CT molecular complexity index is 890. The van der Waals surface area contributed by atoms with Gasteiger partial charge in [0.1, 0.15) is 6.10 Å². The molecule has 1 atom stereocenters. The molecule has 2 saturated heterocycles. The first-order valence-electron chi connectivity index (χ1n) is 10.5. The van der Waals surface area contributed by atoms with Crippen molar-refractivity contribution in [3.8, 4) is 5.88 Å². The van der Waals surface area contributed by atoms with Gasteiger partial charge in [-0.3, -0.25) is 0 Å². The number of morpholine rings is 1. The molecule has 8 nitrogen and oxygen atoms in total. The molecule has 3 heterocycles. The van der Waals surface area contributed by atoms with Crippen LogP contribution in [0.25, 0.3) is 0 Å². The fourth-order valence-corrected chi connectivity index (χ4v) is 4.12. The van der Waals surface area contributed by atoms with Crippen molar-refractivity contribution in [3.05, 3.63) is 41.2 Å². The van der Waals surface area contributed by atoms with Crippen molar-refractivity contribution >= 4 is 17.5 Å². The third-order valence-electron chi connectivity index (χ3n) is 5.58. The molecule has 4 rings (SSSR count). The second-order valence-electron chi connectivity index (χ2n) is 7.96. The van der Waals surface area contributed by atoms with Gasteiger partial charge in [0.15, 0.2) is 5.82 Å². The highest BCUT2D eigenvalue weighted by atomic mass is 16.5. The lowest BCUT2D eigenvalue weighted by Gasteiger charge is -2.29. The Kier molecular flexibility index (Phi) is 6.03. The molecule has 0 saturated carbocycles. The van der Waals surface area contributed by atoms with Crippen LogP contribution in [0.4, 0.5) is 16.3 Å². The summed E-state index contributed by atoms with van der Waals surface area (Å²) in [7, 11) is 0. The van der Waals surface area contributed by atoms with E-state index in [9.17, 15) is 4.79 Å². The van der Waals surface area contributed by atoms with E-state index in [1.54, 1.807) is 17.3 Å². The Morgan fingerprint density at radius 3 is 2.53 bits per heavy atom. The van der Waals surface area contributed by atoms with Gasteiger partial charge in [-0.1, -0.05) is 17.7 Å². The first-order chi connectivity index (χ1) is 14.5. The van der Waals surface area contributed by atoms with Crippen LogP contribution in [0, 0.1) is 20.8 Å². The van der Waals surface area contributed by atoms with E-state index in [0.717, 1.165) is 42.1 Å². The maximum absolute atomic E-state index is 12.8. The molecular weight excluding hydrogens is 382 g/mol. The number of urea groups is 1. The van der Waals surface area contributed by atoms with Crippen LogP contribution >= 0.6 is 0 Å². The van der Waals surface area contributed by atoms with Gasteiger partial charge in [-0.05, 0) is 31.9 Å². The quantitative estimate of drug-likeness (QED) is 0.833. The molecular formula is C22H29N5O3. The molecule has 0 aliphatic carbocycles. The van der Waals surface area contributed by atoms with Crippen LogP contribution in [0.15, 0.2) is 24.5 Å². The number of hydrogen-bond acceptors (Lipinski definition) is 6. The number of benzene rings is 1. The van der Waals surface area contributed by atoms with Crippen LogP contribution in [0.5, 0.6) is 5.88 Å². The summed E-state index contributed by atoms with van der Waals surface area (Å²) in [6.45, 7) is 10.1. The zero-order valence-corrected chi connectivity index (χ0v) is 17.9. The molecule has 2 aromatic rings. The van der Waals surface area contributed by atoms with E-state index in [1.165, 1.54) is 5.56 Å². The average molecular weight is 412 g/mol. The lowest BCUT2D eigenvalue weighted by atomic mass is 10.1. The number of ether oxygens (including phenoxy) is 2. The predicted octanol–water partition coefficient (Wildman–Crippen LogP) is 2.92. The van der Waals surface area contributed by atoms with Crippen molar-refractivity contribution < 1.29 is 14.3 Å². The summed E-state index contributed by atoms with van der Waals surface area (Å²) in [5, 5.41) is 3.08. The number of hydrogen-bond donors (Lipinski definition) is 1. The molecule has 1 aromatic carbocycles. The second kappa shape index (κ2) is 8.87. The Morgan fingerprint density at radius 2 is 1.80 bits per heavy atom. The van der Waals surface area contributed by atoms with Crippen molar-refractivity contribution in [3.63, 3.8) is 0 Å². The summed E-state index contributed by atoms with van der Waals surface area (Å²) in [5.74, 6) is 1.27. The molecule has 0 bridgehead atoms. The summed E-state index contributed by atoms with van der Waals surface area (Å²) in [6, 6.07) is 4.07. The number of aromatic nitrogens is 2. The number of rotatable bonds is 4. The number of nitrogens with zero attached hydrogens (tertiary/aromatic N) is 4. The fourth-order valence-electron chi connectivity index (χ4n) is 4.12. The summed E-state index contributed by atoms with van der Waals surface area (Å²) in [5.41, 5.74) is 4.22. The van der Waals surface area contributed by atoms with Gasteiger partial charge in [0.2, 0.25) is 0 Å². The summed E-state index contributed by atoms with van der Waals surface area (Å²) in [4.78, 5) is 25.6. The van der Waals surface area contributed by atoms with Gasteiger partial charge >= 0.3 is 6.03 Å². The number of aryl methyl sites for hydroxylation is 3. The van der Waals surface area contributed by atoms with Crippen molar-refractivity contribution in [2.24, 2.45) is 0 Å². The van der Waals surface area contributed by atoms with E-state index in [4.69, 9.17) is 9.47 Å². The Morgan fingerprint density at radius 1 is 1.10 bits per heavy atom. The Labute approximate surface area is 177 Å². The largest absolute Gasteiger partial charge is 0.470 e. The van der Waals surface area contributed by atoms with Gasteiger partial charge in [0.05, 0.1) is 19.8 Å². The lowest BCUT2D eigenvalue weighted by Crippen LogP contribution is -2.37. The zero-order valence-electron chi connectivity index (χ0n) is 17.9. The maximum Gasteiger partial charge on any atom is 0.321 e. The third kappa shape index (κ3) is 4.48. The number of carbonyl (C=O) groups excluding carboxylic acids is 1. The molecule has 0 radical (unpaired) electrons. The Balaban J connectivity index is 1.39. The second-order valence-corrected chi connectivity index (χ2v) is 7.96. The minimum atomic E-state index is -0.104. The molecule has 30 heavy (non-hydrogen) atoms. The molecule has 2 amide bonds. The van der Waals surface area contributed by atoms with E-state index < -0.39 is 0 Å². The SMILES string of the molecule is Cc1cc(C)c(NC(=O)N2CCC(Oc3nccnc3N3CCOCC3)C2)c(C)c1. The van der Waals surface area contributed by atoms with Crippen molar-refractivity contribution in [2.45, 2.75) is 33.3 Å². The van der Waals surface area contributed by atoms with Crippen LogP contribution in [0.3, 0.4) is 0 Å². The van der Waals surface area contributed by atoms with Crippen molar-refractivity contribution in [1.29, 1.82) is 0 Å². The highest BCUT2D eigenvalue weighted by Gasteiger charge is 2.30. The van der Waals surface area contributed by atoms with Gasteiger partial charge < -0.3 is 24.6 Å². The first-order valence-corrected chi connectivity index (χ1v) is 10.5. The van der Waals surface area contributed by atoms with Crippen molar-refractivity contribution in [2.75, 3.05) is 49.6 Å². The van der Waals surface area contributed by atoms with Crippen molar-refractivity contribution in [1.82, 2.24) is 14.9 Å². The van der Waals surface area contributed by atoms with Gasteiger partial charge in [-0.2, -0.15) is 0 Å². The molecule has 1 unspecified atom stereocenters. The number of nitrogens with one attached hydrogen (secondary N) is 1. The number of anilines is 2. The van der Waals surface area contributed by atoms with E-state index in [2.05, 4.69) is 39.2 Å². The smallest absolute Gasteiger partial charge is 0.321 e. The van der Waals surface area contributed by atoms with Gasteiger partial charge in [-0.15, -0.1) is 0 Å². The summed E-state index contributed by atoms with van der Waals surface area (Å²) < 4.78 is 11.6. The molecule has 0 spiro atoms. The topological polar surface area (TPSA) is 79.8 Å². The normalized spacial score (nSPS) is 19.1. The molecule has 1 N–H and O–H groups in total. The highest BCUT2D eigenvalue weighted by molar-refractivity contribution is 5.91. The average Bonchev–Trinajstić information content (AvgIpc) is 3.20. The first kappa shape index (κ1) is 20.4. The van der Waals surface area contributed by atoms with Crippen LogP contribution in [0.1, 0.15) is 23.1 Å². The molecule has 160 valence electrons. The van der Waals surface area contributed by atoms with Crippen LogP contribution < -0.4 is 15.0 Å². The van der Waals surface area contributed by atoms with E-state index >= 15 is 0 Å². The maximum atomic E-state index is 12.8. The fraction of sp³-hybridized carbons (Fsp3) is 0.500. The minimum absolute atomic E-state index is 0.0938. The number of likely N-dealkylation sites (tertiary alicyclic amines) is 1. The number of amides is 2. The predicted molar refractivity (Wildman–Crippen MR) is 115 cm³/mol. The summed E-state index contributed by atoms with van der Waals surface area (Å²) in [6.07, 6.45) is 3.98. The van der Waals surface area contributed by atoms with E-state index in [-0.39, 0.29) is 12.1 Å². The minimum Gasteiger partial charge on any atom is -0.470 e. The molecule has 2 aliphatic heterocycles. The Hall–Kier alpha value is -2.87. The third-order valence-corrected chi connectivity index (χ3v) is 5.58. The lowest BCUT2D eigenvalue weighted by molar-refractivity contribution is 0.121. The number of carbonyl (C=O) groups is 1. The molecule has 1 aromatic heterocycles.